The summed E-state index contributed by atoms with van der Waals surface area (Å²) in [4.78, 5) is 14.3. The zero-order valence-corrected chi connectivity index (χ0v) is 11.1. The molecule has 0 aliphatic carbocycles. The lowest BCUT2D eigenvalue weighted by molar-refractivity contribution is -0.560. The van der Waals surface area contributed by atoms with E-state index in [0.29, 0.717) is 13.2 Å². The van der Waals surface area contributed by atoms with E-state index in [0.717, 1.165) is 32.4 Å². The van der Waals surface area contributed by atoms with E-state index in [2.05, 4.69) is 21.0 Å². The number of rotatable bonds is 0. The Morgan fingerprint density at radius 2 is 1.33 bits per heavy atom. The molecular weight excluding hydrogens is 236 g/mol. The molecule has 0 unspecified atom stereocenters. The Kier molecular flexibility index (Phi) is 11.6. The van der Waals surface area contributed by atoms with Crippen LogP contribution in [0.3, 0.4) is 0 Å². The quantitative estimate of drug-likeness (QED) is 0.651. The zero-order chi connectivity index (χ0) is 12.7. The molecule has 1 aliphatic heterocycles. The largest absolute Gasteiger partial charge is 0.317 e. The molecule has 0 bridgehead atoms. The Hall–Kier alpha value is -0.240. The normalized spacial score (nSPS) is 24.0. The van der Waals surface area contributed by atoms with Crippen LogP contribution in [0.2, 0.25) is 0 Å². The van der Waals surface area contributed by atoms with Crippen molar-refractivity contribution < 1.29 is 19.8 Å². The summed E-state index contributed by atoms with van der Waals surface area (Å²) in [5.74, 6) is 0. The van der Waals surface area contributed by atoms with Crippen LogP contribution >= 0.6 is 0 Å². The standard InChI is InChI=1S/C12H26N2O4/c1-2-5-9-13-10-6-4-8-12-16-18-17-14-15-11-7-3-1/h13-14H,1-12H2. The summed E-state index contributed by atoms with van der Waals surface area (Å²) < 4.78 is 0. The van der Waals surface area contributed by atoms with Crippen molar-refractivity contribution in [3.8, 4) is 0 Å². The number of hydrogen-bond acceptors (Lipinski definition) is 6. The topological polar surface area (TPSA) is 61.0 Å². The predicted octanol–water partition coefficient (Wildman–Crippen LogP) is 2.03. The fourth-order valence-corrected chi connectivity index (χ4v) is 1.81. The molecular formula is C12H26N2O4. The van der Waals surface area contributed by atoms with Crippen molar-refractivity contribution >= 4 is 0 Å². The van der Waals surface area contributed by atoms with E-state index in [1.54, 1.807) is 0 Å². The van der Waals surface area contributed by atoms with Gasteiger partial charge < -0.3 is 5.32 Å². The third-order valence-electron chi connectivity index (χ3n) is 2.86. The lowest BCUT2D eigenvalue weighted by Crippen LogP contribution is -2.18. The van der Waals surface area contributed by atoms with Crippen LogP contribution in [0, 0.1) is 0 Å². The molecule has 0 radical (unpaired) electrons. The van der Waals surface area contributed by atoms with Gasteiger partial charge in [-0.2, -0.15) is 0 Å². The Balaban J connectivity index is 2.00. The maximum absolute atomic E-state index is 4.99. The summed E-state index contributed by atoms with van der Waals surface area (Å²) in [5.41, 5.74) is 2.23. The summed E-state index contributed by atoms with van der Waals surface area (Å²) >= 11 is 0. The highest BCUT2D eigenvalue weighted by Crippen LogP contribution is 2.02. The second-order valence-corrected chi connectivity index (χ2v) is 4.48. The molecule has 1 rings (SSSR count). The summed E-state index contributed by atoms with van der Waals surface area (Å²) in [6.45, 7) is 3.36. The lowest BCUT2D eigenvalue weighted by atomic mass is 10.1. The van der Waals surface area contributed by atoms with Crippen molar-refractivity contribution in [1.82, 2.24) is 11.0 Å². The van der Waals surface area contributed by atoms with Crippen molar-refractivity contribution in [3.05, 3.63) is 0 Å². The molecule has 0 saturated carbocycles. The second-order valence-electron chi connectivity index (χ2n) is 4.48. The van der Waals surface area contributed by atoms with Gasteiger partial charge in [-0.1, -0.05) is 24.3 Å². The average molecular weight is 262 g/mol. The van der Waals surface area contributed by atoms with Crippen LogP contribution in [0.25, 0.3) is 0 Å². The Morgan fingerprint density at radius 3 is 2.22 bits per heavy atom. The van der Waals surface area contributed by atoms with Gasteiger partial charge in [0, 0.05) is 0 Å². The van der Waals surface area contributed by atoms with Crippen LogP contribution in [0.1, 0.15) is 51.4 Å². The van der Waals surface area contributed by atoms with Crippen molar-refractivity contribution in [2.24, 2.45) is 0 Å². The third-order valence-corrected chi connectivity index (χ3v) is 2.86. The fourth-order valence-electron chi connectivity index (χ4n) is 1.81. The van der Waals surface area contributed by atoms with Gasteiger partial charge in [-0.05, 0) is 55.9 Å². The van der Waals surface area contributed by atoms with Gasteiger partial charge in [-0.3, -0.25) is 4.84 Å². The first-order valence-electron chi connectivity index (χ1n) is 7.03. The van der Waals surface area contributed by atoms with Crippen LogP contribution < -0.4 is 11.0 Å². The Morgan fingerprint density at radius 1 is 0.667 bits per heavy atom. The number of nitrogens with one attached hydrogen (secondary N) is 2. The van der Waals surface area contributed by atoms with Crippen LogP contribution in [0.15, 0.2) is 0 Å². The van der Waals surface area contributed by atoms with Crippen molar-refractivity contribution in [3.63, 3.8) is 0 Å². The van der Waals surface area contributed by atoms with E-state index in [9.17, 15) is 0 Å². The molecule has 6 heteroatoms. The smallest absolute Gasteiger partial charge is 0.0854 e. The van der Waals surface area contributed by atoms with E-state index in [1.807, 2.05) is 0 Å². The molecule has 0 spiro atoms. The highest BCUT2D eigenvalue weighted by Gasteiger charge is 1.96. The maximum atomic E-state index is 4.99. The minimum atomic E-state index is 0.529. The molecule has 108 valence electrons. The monoisotopic (exact) mass is 262 g/mol. The molecule has 0 amide bonds. The van der Waals surface area contributed by atoms with Crippen LogP contribution in [-0.2, 0) is 19.8 Å². The summed E-state index contributed by atoms with van der Waals surface area (Å²) in [6.07, 6.45) is 9.26. The molecule has 0 aromatic carbocycles. The Labute approximate surface area is 109 Å². The molecule has 1 aliphatic rings. The zero-order valence-electron chi connectivity index (χ0n) is 11.1. The molecule has 0 aromatic heterocycles. The summed E-state index contributed by atoms with van der Waals surface area (Å²) in [5, 5.41) is 7.89. The SMILES string of the molecule is C1CCCNCCCCCOOONOCCC1. The van der Waals surface area contributed by atoms with E-state index < -0.39 is 0 Å². The first-order chi connectivity index (χ1) is 9.00. The molecule has 6 nitrogen and oxygen atoms in total. The first kappa shape index (κ1) is 15.8. The van der Waals surface area contributed by atoms with E-state index >= 15 is 0 Å². The second kappa shape index (κ2) is 13.2. The van der Waals surface area contributed by atoms with Gasteiger partial charge >= 0.3 is 0 Å². The van der Waals surface area contributed by atoms with Gasteiger partial charge in [0.1, 0.15) is 0 Å². The van der Waals surface area contributed by atoms with Gasteiger partial charge in [0.25, 0.3) is 0 Å². The number of hydrogen-bond donors (Lipinski definition) is 2. The molecule has 2 N–H and O–H groups in total. The predicted molar refractivity (Wildman–Crippen MR) is 67.0 cm³/mol. The van der Waals surface area contributed by atoms with E-state index in [4.69, 9.17) is 9.73 Å². The van der Waals surface area contributed by atoms with Gasteiger partial charge in [0.05, 0.1) is 13.2 Å². The van der Waals surface area contributed by atoms with Crippen molar-refractivity contribution in [2.75, 3.05) is 26.3 Å². The molecule has 1 fully saturated rings. The van der Waals surface area contributed by atoms with Gasteiger partial charge in [-0.15, -0.1) is 0 Å². The van der Waals surface area contributed by atoms with Crippen molar-refractivity contribution in [1.29, 1.82) is 0 Å². The third kappa shape index (κ3) is 10.9. The molecule has 1 heterocycles. The molecule has 0 atom stereocenters. The summed E-state index contributed by atoms with van der Waals surface area (Å²) in [6, 6.07) is 0. The molecule has 0 aromatic rings. The average Bonchev–Trinajstić information content (AvgIpc) is 2.39. The Bertz CT molecular complexity index is 97.1. The highest BCUT2D eigenvalue weighted by atomic mass is 17.6. The van der Waals surface area contributed by atoms with Gasteiger partial charge in [0.15, 0.2) is 0 Å². The van der Waals surface area contributed by atoms with E-state index in [-0.39, 0.29) is 0 Å². The fraction of sp³-hybridized carbons (Fsp3) is 1.00. The van der Waals surface area contributed by atoms with E-state index in [1.165, 1.54) is 32.1 Å². The minimum absolute atomic E-state index is 0.529. The molecule has 18 heavy (non-hydrogen) atoms. The summed E-state index contributed by atoms with van der Waals surface area (Å²) in [7, 11) is 0. The van der Waals surface area contributed by atoms with Crippen LogP contribution in [0.5, 0.6) is 0 Å². The van der Waals surface area contributed by atoms with Crippen LogP contribution in [-0.4, -0.2) is 26.3 Å². The highest BCUT2D eigenvalue weighted by molar-refractivity contribution is 4.50. The minimum Gasteiger partial charge on any atom is -0.317 e. The van der Waals surface area contributed by atoms with Crippen molar-refractivity contribution in [2.45, 2.75) is 51.4 Å². The molecule has 1 saturated heterocycles. The van der Waals surface area contributed by atoms with Gasteiger partial charge in [-0.25, -0.2) is 4.89 Å². The maximum Gasteiger partial charge on any atom is 0.0854 e. The first-order valence-corrected chi connectivity index (χ1v) is 7.03. The lowest BCUT2D eigenvalue weighted by Gasteiger charge is -2.07. The van der Waals surface area contributed by atoms with Gasteiger partial charge in [0.2, 0.25) is 0 Å². The van der Waals surface area contributed by atoms with Crippen LogP contribution in [0.4, 0.5) is 0 Å².